The molecule has 0 saturated heterocycles. The molecule has 0 fully saturated rings. The Kier molecular flexibility index (Phi) is 5.73. The summed E-state index contributed by atoms with van der Waals surface area (Å²) in [5.74, 6) is -5.17. The minimum atomic E-state index is -0.722. The van der Waals surface area contributed by atoms with Crippen LogP contribution in [0.25, 0.3) is 0 Å². The van der Waals surface area contributed by atoms with Crippen LogP contribution in [-0.4, -0.2) is 42.5 Å². The summed E-state index contributed by atoms with van der Waals surface area (Å²) >= 11 is 0. The lowest BCUT2D eigenvalue weighted by Gasteiger charge is -2.10. The number of carbonyl (C=O) groups excluding carboxylic acids is 2. The fraction of sp³-hybridized carbons (Fsp3) is 0.0476. The lowest BCUT2D eigenvalue weighted by atomic mass is 10.1. The molecule has 0 aromatic heterocycles. The van der Waals surface area contributed by atoms with E-state index in [2.05, 4.69) is 10.6 Å². The van der Waals surface area contributed by atoms with Crippen LogP contribution in [0.15, 0.2) is 48.5 Å². The summed E-state index contributed by atoms with van der Waals surface area (Å²) in [6, 6.07) is 10.4. The Labute approximate surface area is 175 Å². The standard InChI is InChI=1S/C21H18N2O8/c24-14-5-11(6-15(25)18(14)28)20(30)22-9-10-1-3-13(4-2-10)23-21(31)12-7-16(26)19(29)17(27)8-12/h1-8,24-29H,9H2,(H,22,30)(H,23,31). The number of amides is 2. The van der Waals surface area contributed by atoms with Crippen molar-refractivity contribution in [3.8, 4) is 34.5 Å². The van der Waals surface area contributed by atoms with Crippen molar-refractivity contribution in [2.45, 2.75) is 6.54 Å². The molecule has 160 valence electrons. The topological polar surface area (TPSA) is 180 Å². The third-order valence-corrected chi connectivity index (χ3v) is 4.33. The Morgan fingerprint density at radius 3 is 1.52 bits per heavy atom. The number of phenols is 6. The van der Waals surface area contributed by atoms with Gasteiger partial charge in [-0.15, -0.1) is 0 Å². The van der Waals surface area contributed by atoms with Gasteiger partial charge in [0.1, 0.15) is 0 Å². The molecular weight excluding hydrogens is 408 g/mol. The highest BCUT2D eigenvalue weighted by Gasteiger charge is 2.15. The molecule has 10 heteroatoms. The summed E-state index contributed by atoms with van der Waals surface area (Å²) in [6.07, 6.45) is 0. The summed E-state index contributed by atoms with van der Waals surface area (Å²) in [5, 5.41) is 61.8. The minimum absolute atomic E-state index is 0.0444. The van der Waals surface area contributed by atoms with Crippen molar-refractivity contribution >= 4 is 17.5 Å². The first-order valence-corrected chi connectivity index (χ1v) is 8.84. The van der Waals surface area contributed by atoms with Crippen LogP contribution in [0, 0.1) is 0 Å². The Morgan fingerprint density at radius 2 is 1.06 bits per heavy atom. The van der Waals surface area contributed by atoms with Crippen LogP contribution in [0.4, 0.5) is 5.69 Å². The average Bonchev–Trinajstić information content (AvgIpc) is 2.74. The van der Waals surface area contributed by atoms with Crippen LogP contribution in [-0.2, 0) is 6.54 Å². The predicted octanol–water partition coefficient (Wildman–Crippen LogP) is 2.10. The summed E-state index contributed by atoms with van der Waals surface area (Å²) in [5.41, 5.74) is 0.973. The normalized spacial score (nSPS) is 10.5. The highest BCUT2D eigenvalue weighted by Crippen LogP contribution is 2.36. The fourth-order valence-electron chi connectivity index (χ4n) is 2.66. The van der Waals surface area contributed by atoms with E-state index in [0.717, 1.165) is 24.3 Å². The van der Waals surface area contributed by atoms with E-state index in [1.165, 1.54) is 0 Å². The third-order valence-electron chi connectivity index (χ3n) is 4.33. The summed E-state index contributed by atoms with van der Waals surface area (Å²) in [7, 11) is 0. The van der Waals surface area contributed by atoms with Crippen molar-refractivity contribution in [1.29, 1.82) is 0 Å². The van der Waals surface area contributed by atoms with Gasteiger partial charge in [-0.1, -0.05) is 12.1 Å². The molecule has 0 radical (unpaired) electrons. The van der Waals surface area contributed by atoms with Gasteiger partial charge in [0.2, 0.25) is 0 Å². The van der Waals surface area contributed by atoms with Gasteiger partial charge in [0.05, 0.1) is 0 Å². The maximum atomic E-state index is 12.2. The van der Waals surface area contributed by atoms with E-state index in [-0.39, 0.29) is 17.7 Å². The van der Waals surface area contributed by atoms with Crippen LogP contribution >= 0.6 is 0 Å². The number of anilines is 1. The average molecular weight is 426 g/mol. The fourth-order valence-corrected chi connectivity index (χ4v) is 2.66. The first-order chi connectivity index (χ1) is 14.7. The molecule has 0 heterocycles. The van der Waals surface area contributed by atoms with Gasteiger partial charge in [-0.3, -0.25) is 9.59 Å². The highest BCUT2D eigenvalue weighted by atomic mass is 16.3. The molecule has 2 amide bonds. The summed E-state index contributed by atoms with van der Waals surface area (Å²) in [6.45, 7) is 0.106. The number of aromatic hydroxyl groups is 6. The second kappa shape index (κ2) is 8.41. The van der Waals surface area contributed by atoms with E-state index in [1.54, 1.807) is 24.3 Å². The Balaban J connectivity index is 1.61. The number of hydrogen-bond acceptors (Lipinski definition) is 8. The Hall–Kier alpha value is -4.60. The van der Waals surface area contributed by atoms with Crippen LogP contribution < -0.4 is 10.6 Å². The molecule has 8 N–H and O–H groups in total. The lowest BCUT2D eigenvalue weighted by molar-refractivity contribution is 0.0949. The number of rotatable bonds is 5. The molecule has 0 saturated carbocycles. The number of benzene rings is 3. The molecule has 0 spiro atoms. The van der Waals surface area contributed by atoms with Gasteiger partial charge in [0.25, 0.3) is 11.8 Å². The second-order valence-corrected chi connectivity index (χ2v) is 6.56. The van der Waals surface area contributed by atoms with Crippen molar-refractivity contribution in [3.63, 3.8) is 0 Å². The predicted molar refractivity (Wildman–Crippen MR) is 108 cm³/mol. The van der Waals surface area contributed by atoms with Gasteiger partial charge in [-0.05, 0) is 42.0 Å². The SMILES string of the molecule is O=C(NCc1ccc(NC(=O)c2cc(O)c(O)c(O)c2)cc1)c1cc(O)c(O)c(O)c1. The first-order valence-electron chi connectivity index (χ1n) is 8.84. The summed E-state index contributed by atoms with van der Waals surface area (Å²) in [4.78, 5) is 24.4. The molecule has 0 unspecified atom stereocenters. The van der Waals surface area contributed by atoms with E-state index in [1.807, 2.05) is 0 Å². The number of phenolic OH excluding ortho intramolecular Hbond substituents is 6. The van der Waals surface area contributed by atoms with Gasteiger partial charge in [-0.25, -0.2) is 0 Å². The zero-order valence-electron chi connectivity index (χ0n) is 15.8. The zero-order valence-corrected chi connectivity index (χ0v) is 15.8. The Morgan fingerprint density at radius 1 is 0.645 bits per heavy atom. The highest BCUT2D eigenvalue weighted by molar-refractivity contribution is 6.05. The largest absolute Gasteiger partial charge is 0.504 e. The molecule has 31 heavy (non-hydrogen) atoms. The second-order valence-electron chi connectivity index (χ2n) is 6.56. The van der Waals surface area contributed by atoms with E-state index >= 15 is 0 Å². The molecule has 0 aliphatic heterocycles. The molecule has 10 nitrogen and oxygen atoms in total. The van der Waals surface area contributed by atoms with Crippen molar-refractivity contribution in [2.75, 3.05) is 5.32 Å². The van der Waals surface area contributed by atoms with Crippen LogP contribution in [0.2, 0.25) is 0 Å². The van der Waals surface area contributed by atoms with Gasteiger partial charge < -0.3 is 41.3 Å². The van der Waals surface area contributed by atoms with Crippen molar-refractivity contribution in [2.24, 2.45) is 0 Å². The number of nitrogens with one attached hydrogen (secondary N) is 2. The van der Waals surface area contributed by atoms with E-state index in [9.17, 15) is 40.2 Å². The summed E-state index contributed by atoms with van der Waals surface area (Å²) < 4.78 is 0. The molecule has 3 rings (SSSR count). The maximum Gasteiger partial charge on any atom is 0.255 e. The Bertz CT molecular complexity index is 1110. The molecule has 0 aliphatic carbocycles. The van der Waals surface area contributed by atoms with Crippen molar-refractivity contribution in [3.05, 3.63) is 65.2 Å². The van der Waals surface area contributed by atoms with Crippen molar-refractivity contribution in [1.82, 2.24) is 5.32 Å². The van der Waals surface area contributed by atoms with Crippen molar-refractivity contribution < 1.29 is 40.2 Å². The quantitative estimate of drug-likeness (QED) is 0.286. The van der Waals surface area contributed by atoms with E-state index in [4.69, 9.17) is 0 Å². The van der Waals surface area contributed by atoms with Crippen LogP contribution in [0.1, 0.15) is 26.3 Å². The van der Waals surface area contributed by atoms with Gasteiger partial charge in [0.15, 0.2) is 34.5 Å². The minimum Gasteiger partial charge on any atom is -0.504 e. The van der Waals surface area contributed by atoms with Crippen LogP contribution in [0.5, 0.6) is 34.5 Å². The molecule has 0 aliphatic rings. The molecule has 0 atom stereocenters. The zero-order chi connectivity index (χ0) is 22.7. The number of hydrogen-bond donors (Lipinski definition) is 8. The van der Waals surface area contributed by atoms with Crippen LogP contribution in [0.3, 0.4) is 0 Å². The van der Waals surface area contributed by atoms with E-state index in [0.29, 0.717) is 11.3 Å². The first kappa shape index (κ1) is 21.1. The third kappa shape index (κ3) is 4.70. The van der Waals surface area contributed by atoms with Gasteiger partial charge >= 0.3 is 0 Å². The van der Waals surface area contributed by atoms with E-state index < -0.39 is 46.3 Å². The lowest BCUT2D eigenvalue weighted by Crippen LogP contribution is -2.22. The van der Waals surface area contributed by atoms with Gasteiger partial charge in [0, 0.05) is 23.4 Å². The smallest absolute Gasteiger partial charge is 0.255 e. The molecular formula is C21H18N2O8. The number of carbonyl (C=O) groups is 2. The molecule has 3 aromatic carbocycles. The van der Waals surface area contributed by atoms with Gasteiger partial charge in [-0.2, -0.15) is 0 Å². The molecule has 0 bridgehead atoms. The maximum absolute atomic E-state index is 12.2. The molecule has 3 aromatic rings. The monoisotopic (exact) mass is 426 g/mol.